The highest BCUT2D eigenvalue weighted by atomic mass is 32.1. The van der Waals surface area contributed by atoms with Crippen LogP contribution in [-0.4, -0.2) is 48.6 Å². The second-order valence-electron chi connectivity index (χ2n) is 6.26. The molecule has 3 atom stereocenters. The molecular weight excluding hydrogens is 278 g/mol. The van der Waals surface area contributed by atoms with Gasteiger partial charge in [0.15, 0.2) is 0 Å². The van der Waals surface area contributed by atoms with E-state index in [-0.39, 0.29) is 0 Å². The maximum atomic E-state index is 6.16. The third kappa shape index (κ3) is 2.73. The number of likely N-dealkylation sites (N-methyl/N-ethyl adjacent to an activating group) is 1. The van der Waals surface area contributed by atoms with Gasteiger partial charge in [-0.15, -0.1) is 11.3 Å². The molecule has 0 spiro atoms. The van der Waals surface area contributed by atoms with E-state index < -0.39 is 0 Å². The third-order valence-electron chi connectivity index (χ3n) is 4.92. The zero-order valence-corrected chi connectivity index (χ0v) is 13.9. The van der Waals surface area contributed by atoms with Gasteiger partial charge in [-0.2, -0.15) is 0 Å². The zero-order chi connectivity index (χ0) is 15.0. The molecule has 2 heterocycles. The Morgan fingerprint density at radius 3 is 2.57 bits per heavy atom. The molecule has 1 aromatic heterocycles. The highest BCUT2D eigenvalue weighted by Crippen LogP contribution is 2.34. The van der Waals surface area contributed by atoms with E-state index in [0.29, 0.717) is 24.7 Å². The Balaban J connectivity index is 1.91. The summed E-state index contributed by atoms with van der Waals surface area (Å²) in [7, 11) is 2.23. The molecular formula is C17H25N3S. The molecule has 1 aliphatic rings. The molecule has 1 saturated heterocycles. The van der Waals surface area contributed by atoms with E-state index in [1.54, 1.807) is 0 Å². The second-order valence-corrected chi connectivity index (χ2v) is 7.17. The predicted molar refractivity (Wildman–Crippen MR) is 91.9 cm³/mol. The Bertz CT molecular complexity index is 597. The highest BCUT2D eigenvalue weighted by molar-refractivity contribution is 7.17. The van der Waals surface area contributed by atoms with Gasteiger partial charge in [-0.3, -0.25) is 9.80 Å². The number of nitrogens with zero attached hydrogens (tertiary/aromatic N) is 2. The standard InChI is InChI=1S/C17H25N3S/c1-12-9-20(10-13(2)19(12)3)16(8-18)15-11-21-17-7-5-4-6-14(15)17/h4-7,11-13,16H,8-10,18H2,1-3H3. The lowest BCUT2D eigenvalue weighted by Gasteiger charge is -2.45. The van der Waals surface area contributed by atoms with Crippen LogP contribution in [0, 0.1) is 0 Å². The van der Waals surface area contributed by atoms with E-state index in [1.165, 1.54) is 15.6 Å². The lowest BCUT2D eigenvalue weighted by atomic mass is 10.0. The number of hydrogen-bond acceptors (Lipinski definition) is 4. The third-order valence-corrected chi connectivity index (χ3v) is 5.90. The molecule has 3 rings (SSSR count). The molecule has 1 aliphatic heterocycles. The van der Waals surface area contributed by atoms with Gasteiger partial charge in [0.2, 0.25) is 0 Å². The van der Waals surface area contributed by atoms with Crippen molar-refractivity contribution >= 4 is 21.4 Å². The van der Waals surface area contributed by atoms with Crippen molar-refractivity contribution < 1.29 is 0 Å². The molecule has 0 radical (unpaired) electrons. The second kappa shape index (κ2) is 6.05. The molecule has 3 unspecified atom stereocenters. The van der Waals surface area contributed by atoms with Crippen LogP contribution in [0.25, 0.3) is 10.1 Å². The van der Waals surface area contributed by atoms with E-state index in [9.17, 15) is 0 Å². The zero-order valence-electron chi connectivity index (χ0n) is 13.1. The Hall–Kier alpha value is -0.940. The number of thiophene rings is 1. The van der Waals surface area contributed by atoms with Gasteiger partial charge in [-0.25, -0.2) is 0 Å². The quantitative estimate of drug-likeness (QED) is 0.946. The molecule has 2 N–H and O–H groups in total. The number of hydrogen-bond donors (Lipinski definition) is 1. The maximum absolute atomic E-state index is 6.16. The van der Waals surface area contributed by atoms with Crippen molar-refractivity contribution in [3.05, 3.63) is 35.2 Å². The van der Waals surface area contributed by atoms with Crippen molar-refractivity contribution in [2.24, 2.45) is 5.73 Å². The monoisotopic (exact) mass is 303 g/mol. The Morgan fingerprint density at radius 2 is 1.90 bits per heavy atom. The van der Waals surface area contributed by atoms with E-state index in [0.717, 1.165) is 13.1 Å². The van der Waals surface area contributed by atoms with Gasteiger partial charge in [0.1, 0.15) is 0 Å². The molecule has 114 valence electrons. The Labute approximate surface area is 131 Å². The first-order chi connectivity index (χ1) is 10.1. The summed E-state index contributed by atoms with van der Waals surface area (Å²) in [5.74, 6) is 0. The fourth-order valence-electron chi connectivity index (χ4n) is 3.43. The minimum atomic E-state index is 0.333. The van der Waals surface area contributed by atoms with Crippen molar-refractivity contribution in [3.8, 4) is 0 Å². The molecule has 1 aromatic carbocycles. The van der Waals surface area contributed by atoms with Crippen molar-refractivity contribution in [3.63, 3.8) is 0 Å². The number of fused-ring (bicyclic) bond motifs is 1. The number of piperazine rings is 1. The van der Waals surface area contributed by atoms with Crippen LogP contribution in [0.1, 0.15) is 25.5 Å². The summed E-state index contributed by atoms with van der Waals surface area (Å²) < 4.78 is 1.36. The summed E-state index contributed by atoms with van der Waals surface area (Å²) in [6.07, 6.45) is 0. The van der Waals surface area contributed by atoms with Gasteiger partial charge >= 0.3 is 0 Å². The first-order valence-corrected chi connectivity index (χ1v) is 8.62. The Morgan fingerprint density at radius 1 is 1.24 bits per heavy atom. The first kappa shape index (κ1) is 15.0. The molecule has 2 aromatic rings. The van der Waals surface area contributed by atoms with E-state index >= 15 is 0 Å². The molecule has 0 aliphatic carbocycles. The van der Waals surface area contributed by atoms with Crippen LogP contribution < -0.4 is 5.73 Å². The predicted octanol–water partition coefficient (Wildman–Crippen LogP) is 2.93. The van der Waals surface area contributed by atoms with Crippen LogP contribution in [0.5, 0.6) is 0 Å². The Kier molecular flexibility index (Phi) is 4.31. The van der Waals surface area contributed by atoms with Crippen LogP contribution in [0.3, 0.4) is 0 Å². The fourth-order valence-corrected chi connectivity index (χ4v) is 4.44. The number of benzene rings is 1. The van der Waals surface area contributed by atoms with Gasteiger partial charge in [0.05, 0.1) is 0 Å². The van der Waals surface area contributed by atoms with Gasteiger partial charge in [-0.1, -0.05) is 18.2 Å². The van der Waals surface area contributed by atoms with Crippen LogP contribution >= 0.6 is 11.3 Å². The van der Waals surface area contributed by atoms with Gasteiger partial charge < -0.3 is 5.73 Å². The molecule has 21 heavy (non-hydrogen) atoms. The SMILES string of the molecule is CC1CN(C(CN)c2csc3ccccc23)CC(C)N1C. The minimum Gasteiger partial charge on any atom is -0.329 e. The van der Waals surface area contributed by atoms with Gasteiger partial charge in [0.25, 0.3) is 0 Å². The summed E-state index contributed by atoms with van der Waals surface area (Å²) in [5.41, 5.74) is 7.57. The summed E-state index contributed by atoms with van der Waals surface area (Å²) in [6.45, 7) is 7.48. The van der Waals surface area contributed by atoms with Crippen molar-refractivity contribution in [2.45, 2.75) is 32.0 Å². The topological polar surface area (TPSA) is 32.5 Å². The van der Waals surface area contributed by atoms with Crippen molar-refractivity contribution in [2.75, 3.05) is 26.7 Å². The molecule has 4 heteroatoms. The molecule has 1 fully saturated rings. The summed E-state index contributed by atoms with van der Waals surface area (Å²) in [6, 6.07) is 10.2. The van der Waals surface area contributed by atoms with Gasteiger partial charge in [-0.05, 0) is 43.3 Å². The largest absolute Gasteiger partial charge is 0.329 e. The van der Waals surface area contributed by atoms with Crippen LogP contribution in [-0.2, 0) is 0 Å². The molecule has 0 amide bonds. The van der Waals surface area contributed by atoms with E-state index in [4.69, 9.17) is 5.73 Å². The van der Waals surface area contributed by atoms with Crippen LogP contribution in [0.2, 0.25) is 0 Å². The number of rotatable bonds is 3. The lowest BCUT2D eigenvalue weighted by Crippen LogP contribution is -2.56. The molecule has 3 nitrogen and oxygen atoms in total. The maximum Gasteiger partial charge on any atom is 0.0486 e. The summed E-state index contributed by atoms with van der Waals surface area (Å²) in [4.78, 5) is 5.04. The average molecular weight is 303 g/mol. The van der Waals surface area contributed by atoms with E-state index in [2.05, 4.69) is 60.3 Å². The first-order valence-electron chi connectivity index (χ1n) is 7.74. The lowest BCUT2D eigenvalue weighted by molar-refractivity contribution is 0.0356. The van der Waals surface area contributed by atoms with Crippen LogP contribution in [0.4, 0.5) is 0 Å². The number of nitrogens with two attached hydrogens (primary N) is 1. The summed E-state index contributed by atoms with van der Waals surface area (Å²) >= 11 is 1.83. The normalized spacial score (nSPS) is 26.3. The van der Waals surface area contributed by atoms with Gasteiger partial charge in [0, 0.05) is 42.5 Å². The minimum absolute atomic E-state index is 0.333. The smallest absolute Gasteiger partial charge is 0.0486 e. The van der Waals surface area contributed by atoms with Crippen molar-refractivity contribution in [1.29, 1.82) is 0 Å². The van der Waals surface area contributed by atoms with E-state index in [1.807, 2.05) is 11.3 Å². The average Bonchev–Trinajstić information content (AvgIpc) is 2.90. The molecule has 0 saturated carbocycles. The molecule has 0 bridgehead atoms. The van der Waals surface area contributed by atoms with Crippen LogP contribution in [0.15, 0.2) is 29.6 Å². The summed E-state index contributed by atoms with van der Waals surface area (Å²) in [5, 5.41) is 3.67. The highest BCUT2D eigenvalue weighted by Gasteiger charge is 2.31. The fraction of sp³-hybridized carbons (Fsp3) is 0.529. The van der Waals surface area contributed by atoms with Crippen molar-refractivity contribution in [1.82, 2.24) is 9.80 Å².